The zero-order chi connectivity index (χ0) is 10.7. The van der Waals surface area contributed by atoms with Crippen LogP contribution in [0.3, 0.4) is 0 Å². The van der Waals surface area contributed by atoms with Gasteiger partial charge in [0.1, 0.15) is 0 Å². The fourth-order valence-corrected chi connectivity index (χ4v) is 1.68. The predicted molar refractivity (Wildman–Crippen MR) is 56.4 cm³/mol. The second-order valence-corrected chi connectivity index (χ2v) is 3.98. The van der Waals surface area contributed by atoms with Gasteiger partial charge in [-0.2, -0.15) is 0 Å². The molecule has 0 saturated heterocycles. The number of hydrogen-bond donors (Lipinski definition) is 2. The number of aromatic nitrogens is 3. The maximum Gasteiger partial charge on any atom is 0.315 e. The summed E-state index contributed by atoms with van der Waals surface area (Å²) in [6.07, 6.45) is 0. The topological polar surface area (TPSA) is 89.9 Å². The number of hydrogen-bond acceptors (Lipinski definition) is 7. The van der Waals surface area contributed by atoms with Crippen LogP contribution < -0.4 is 11.1 Å². The summed E-state index contributed by atoms with van der Waals surface area (Å²) < 4.78 is 5.18. The molecular formula is C8H11N5OS. The molecular weight excluding hydrogens is 214 g/mol. The monoisotopic (exact) mass is 225 g/mol. The summed E-state index contributed by atoms with van der Waals surface area (Å²) in [5, 5.41) is 13.5. The van der Waals surface area contributed by atoms with Crippen LogP contribution in [-0.4, -0.2) is 15.2 Å². The summed E-state index contributed by atoms with van der Waals surface area (Å²) in [4.78, 5) is 4.29. The van der Waals surface area contributed by atoms with Crippen LogP contribution in [0.25, 0.3) is 0 Å². The fourth-order valence-electron chi connectivity index (χ4n) is 1.06. The Hall–Kier alpha value is -1.47. The van der Waals surface area contributed by atoms with Crippen molar-refractivity contribution in [1.82, 2.24) is 15.2 Å². The Morgan fingerprint density at radius 1 is 1.53 bits per heavy atom. The molecule has 0 atom stereocenters. The molecule has 0 aliphatic carbocycles. The summed E-state index contributed by atoms with van der Waals surface area (Å²) in [6, 6.07) is 0.376. The molecule has 0 unspecified atom stereocenters. The van der Waals surface area contributed by atoms with Gasteiger partial charge in [-0.1, -0.05) is 5.10 Å². The highest BCUT2D eigenvalue weighted by Gasteiger charge is 2.04. The zero-order valence-electron chi connectivity index (χ0n) is 8.23. The Labute approximate surface area is 90.5 Å². The van der Waals surface area contributed by atoms with Crippen LogP contribution in [0.1, 0.15) is 16.6 Å². The number of nitrogens with two attached hydrogens (primary N) is 1. The Morgan fingerprint density at radius 2 is 2.40 bits per heavy atom. The molecule has 6 nitrogen and oxygen atoms in total. The van der Waals surface area contributed by atoms with Crippen molar-refractivity contribution in [2.45, 2.75) is 20.0 Å². The molecule has 2 aromatic rings. The Bertz CT molecular complexity index is 438. The molecule has 0 fully saturated rings. The molecule has 3 N–H and O–H groups in total. The van der Waals surface area contributed by atoms with Gasteiger partial charge in [-0.05, 0) is 6.92 Å². The molecule has 0 aliphatic heterocycles. The number of rotatable bonds is 4. The minimum absolute atomic E-state index is 0.254. The highest BCUT2D eigenvalue weighted by atomic mass is 32.1. The van der Waals surface area contributed by atoms with Gasteiger partial charge in [-0.25, -0.2) is 4.98 Å². The van der Waals surface area contributed by atoms with Crippen molar-refractivity contribution in [2.24, 2.45) is 5.73 Å². The van der Waals surface area contributed by atoms with E-state index in [1.54, 1.807) is 11.3 Å². The van der Waals surface area contributed by atoms with Crippen molar-refractivity contribution in [3.63, 3.8) is 0 Å². The van der Waals surface area contributed by atoms with E-state index in [1.807, 2.05) is 12.3 Å². The number of aryl methyl sites for hydroxylation is 1. The molecule has 0 radical (unpaired) electrons. The number of nitrogens with one attached hydrogen (secondary N) is 1. The summed E-state index contributed by atoms with van der Waals surface area (Å²) in [6.45, 7) is 2.80. The third kappa shape index (κ3) is 2.51. The summed E-state index contributed by atoms with van der Waals surface area (Å²) in [5.41, 5.74) is 6.30. The standard InChI is InChI=1S/C8H11N5OS/c1-5-11-6(4-15-5)3-10-8-13-12-7(2-9)14-8/h4H,2-3,9H2,1H3,(H,10,13). The Kier molecular flexibility index (Phi) is 2.93. The summed E-state index contributed by atoms with van der Waals surface area (Å²) >= 11 is 1.61. The van der Waals surface area contributed by atoms with Gasteiger partial charge in [-0.3, -0.25) is 0 Å². The largest absolute Gasteiger partial charge is 0.407 e. The molecule has 0 aliphatic rings. The molecule has 0 aromatic carbocycles. The molecule has 7 heteroatoms. The summed E-state index contributed by atoms with van der Waals surface area (Å²) in [7, 11) is 0. The van der Waals surface area contributed by atoms with E-state index in [0.29, 0.717) is 18.5 Å². The van der Waals surface area contributed by atoms with Crippen molar-refractivity contribution in [3.05, 3.63) is 22.0 Å². The molecule has 15 heavy (non-hydrogen) atoms. The quantitative estimate of drug-likeness (QED) is 0.803. The highest BCUT2D eigenvalue weighted by Crippen LogP contribution is 2.10. The van der Waals surface area contributed by atoms with Gasteiger partial charge >= 0.3 is 6.01 Å². The fraction of sp³-hybridized carbons (Fsp3) is 0.375. The van der Waals surface area contributed by atoms with Crippen LogP contribution in [0.5, 0.6) is 0 Å². The first-order valence-corrected chi connectivity index (χ1v) is 5.33. The van der Waals surface area contributed by atoms with Crippen LogP contribution >= 0.6 is 11.3 Å². The van der Waals surface area contributed by atoms with E-state index in [4.69, 9.17) is 10.2 Å². The Balaban J connectivity index is 1.93. The van der Waals surface area contributed by atoms with E-state index in [0.717, 1.165) is 10.7 Å². The van der Waals surface area contributed by atoms with Crippen LogP contribution in [-0.2, 0) is 13.1 Å². The molecule has 80 valence electrons. The van der Waals surface area contributed by atoms with Gasteiger partial charge in [0.05, 0.1) is 23.8 Å². The van der Waals surface area contributed by atoms with Crippen LogP contribution in [0.2, 0.25) is 0 Å². The maximum absolute atomic E-state index is 5.34. The van der Waals surface area contributed by atoms with E-state index in [1.165, 1.54) is 0 Å². The van der Waals surface area contributed by atoms with Crippen LogP contribution in [0.4, 0.5) is 6.01 Å². The van der Waals surface area contributed by atoms with Crippen molar-refractivity contribution < 1.29 is 4.42 Å². The lowest BCUT2D eigenvalue weighted by molar-refractivity contribution is 0.507. The van der Waals surface area contributed by atoms with Gasteiger partial charge in [0, 0.05) is 5.38 Å². The predicted octanol–water partition coefficient (Wildman–Crippen LogP) is 0.905. The van der Waals surface area contributed by atoms with Crippen molar-refractivity contribution in [3.8, 4) is 0 Å². The molecule has 0 amide bonds. The third-order valence-electron chi connectivity index (χ3n) is 1.73. The molecule has 2 rings (SSSR count). The first-order chi connectivity index (χ1) is 7.28. The SMILES string of the molecule is Cc1nc(CNc2nnc(CN)o2)cs1. The minimum atomic E-state index is 0.254. The smallest absolute Gasteiger partial charge is 0.315 e. The van der Waals surface area contributed by atoms with E-state index in [2.05, 4.69) is 20.5 Å². The minimum Gasteiger partial charge on any atom is -0.407 e. The molecule has 2 heterocycles. The van der Waals surface area contributed by atoms with E-state index >= 15 is 0 Å². The molecule has 2 aromatic heterocycles. The maximum atomic E-state index is 5.34. The number of anilines is 1. The lowest BCUT2D eigenvalue weighted by atomic mass is 10.5. The first kappa shape index (κ1) is 10.1. The van der Waals surface area contributed by atoms with Crippen molar-refractivity contribution in [2.75, 3.05) is 5.32 Å². The van der Waals surface area contributed by atoms with Gasteiger partial charge in [-0.15, -0.1) is 16.4 Å². The zero-order valence-corrected chi connectivity index (χ0v) is 9.04. The number of thiazole rings is 1. The average Bonchev–Trinajstić information content (AvgIpc) is 2.83. The van der Waals surface area contributed by atoms with Gasteiger partial charge < -0.3 is 15.5 Å². The van der Waals surface area contributed by atoms with Gasteiger partial charge in [0.25, 0.3) is 0 Å². The second-order valence-electron chi connectivity index (χ2n) is 2.92. The summed E-state index contributed by atoms with van der Waals surface area (Å²) in [5.74, 6) is 0.423. The second kappa shape index (κ2) is 4.37. The van der Waals surface area contributed by atoms with Crippen LogP contribution in [0.15, 0.2) is 9.80 Å². The normalized spacial score (nSPS) is 10.5. The van der Waals surface area contributed by atoms with E-state index in [-0.39, 0.29) is 6.54 Å². The lowest BCUT2D eigenvalue weighted by Crippen LogP contribution is -1.99. The third-order valence-corrected chi connectivity index (χ3v) is 2.55. The van der Waals surface area contributed by atoms with Gasteiger partial charge in [0.2, 0.25) is 5.89 Å². The Morgan fingerprint density at radius 3 is 3.00 bits per heavy atom. The molecule has 0 bridgehead atoms. The van der Waals surface area contributed by atoms with Crippen molar-refractivity contribution in [1.29, 1.82) is 0 Å². The van der Waals surface area contributed by atoms with Crippen molar-refractivity contribution >= 4 is 17.4 Å². The first-order valence-electron chi connectivity index (χ1n) is 4.45. The van der Waals surface area contributed by atoms with Gasteiger partial charge in [0.15, 0.2) is 0 Å². The average molecular weight is 225 g/mol. The molecule has 0 saturated carbocycles. The van der Waals surface area contributed by atoms with E-state index in [9.17, 15) is 0 Å². The van der Waals surface area contributed by atoms with Crippen LogP contribution in [0, 0.1) is 6.92 Å². The number of nitrogens with zero attached hydrogens (tertiary/aromatic N) is 3. The van der Waals surface area contributed by atoms with E-state index < -0.39 is 0 Å². The lowest BCUT2D eigenvalue weighted by Gasteiger charge is -1.96. The highest BCUT2D eigenvalue weighted by molar-refractivity contribution is 7.09. The molecule has 0 spiro atoms.